The minimum atomic E-state index is 0.199. The molecule has 4 rings (SSSR count). The molecule has 0 amide bonds. The van der Waals surface area contributed by atoms with Gasteiger partial charge >= 0.3 is 0 Å². The van der Waals surface area contributed by atoms with Crippen LogP contribution in [0.3, 0.4) is 0 Å². The SMILES string of the molecule is CCCCCCCCCCCCOc1ccc(N=Nc2ccc(C)cc2)c(C)c1.Cc1cc(O)ccc1N=Nc1ccc(O)cc1. The number of hydrogen-bond acceptors (Lipinski definition) is 7. The predicted molar refractivity (Wildman–Crippen MR) is 189 cm³/mol. The fourth-order valence-electron chi connectivity index (χ4n) is 4.72. The number of phenolic OH excluding ortho intramolecular Hbond substituents is 2. The normalized spacial score (nSPS) is 11.1. The molecule has 46 heavy (non-hydrogen) atoms. The summed E-state index contributed by atoms with van der Waals surface area (Å²) in [5, 5.41) is 35.2. The molecule has 0 aromatic heterocycles. The van der Waals surface area contributed by atoms with E-state index < -0.39 is 0 Å². The van der Waals surface area contributed by atoms with Crippen molar-refractivity contribution in [2.45, 2.75) is 91.9 Å². The Morgan fingerprint density at radius 1 is 0.500 bits per heavy atom. The summed E-state index contributed by atoms with van der Waals surface area (Å²) in [6.45, 7) is 9.04. The number of benzene rings is 4. The first-order valence-corrected chi connectivity index (χ1v) is 16.6. The first-order chi connectivity index (χ1) is 22.3. The van der Waals surface area contributed by atoms with Crippen molar-refractivity contribution in [3.8, 4) is 17.2 Å². The zero-order valence-corrected chi connectivity index (χ0v) is 28.0. The highest BCUT2D eigenvalue weighted by molar-refractivity contribution is 5.50. The van der Waals surface area contributed by atoms with Crippen LogP contribution < -0.4 is 4.74 Å². The fourth-order valence-corrected chi connectivity index (χ4v) is 4.72. The molecule has 0 radical (unpaired) electrons. The summed E-state index contributed by atoms with van der Waals surface area (Å²) >= 11 is 0. The van der Waals surface area contributed by atoms with Gasteiger partial charge in [-0.05, 0) is 111 Å². The van der Waals surface area contributed by atoms with E-state index in [4.69, 9.17) is 9.84 Å². The lowest BCUT2D eigenvalue weighted by molar-refractivity contribution is 0.304. The molecule has 0 heterocycles. The molecule has 4 aromatic carbocycles. The molecule has 0 bridgehead atoms. The quantitative estimate of drug-likeness (QED) is 0.0960. The molecule has 2 N–H and O–H groups in total. The maximum absolute atomic E-state index is 9.25. The molecule has 7 heteroatoms. The van der Waals surface area contributed by atoms with E-state index in [-0.39, 0.29) is 11.5 Å². The van der Waals surface area contributed by atoms with E-state index in [2.05, 4.69) is 47.3 Å². The molecule has 0 spiro atoms. The van der Waals surface area contributed by atoms with Crippen molar-refractivity contribution >= 4 is 22.7 Å². The van der Waals surface area contributed by atoms with Crippen molar-refractivity contribution in [1.29, 1.82) is 0 Å². The van der Waals surface area contributed by atoms with Gasteiger partial charge in [0.15, 0.2) is 0 Å². The van der Waals surface area contributed by atoms with E-state index in [0.717, 1.165) is 41.3 Å². The maximum Gasteiger partial charge on any atom is 0.119 e. The van der Waals surface area contributed by atoms with Crippen LogP contribution in [0.1, 0.15) is 87.8 Å². The number of rotatable bonds is 16. The minimum Gasteiger partial charge on any atom is -0.508 e. The largest absolute Gasteiger partial charge is 0.508 e. The van der Waals surface area contributed by atoms with Crippen LogP contribution in [0, 0.1) is 20.8 Å². The molecule has 0 unspecified atom stereocenters. The van der Waals surface area contributed by atoms with Gasteiger partial charge in [0.25, 0.3) is 0 Å². The second-order valence-electron chi connectivity index (χ2n) is 11.7. The Morgan fingerprint density at radius 2 is 0.978 bits per heavy atom. The average Bonchev–Trinajstić information content (AvgIpc) is 3.05. The summed E-state index contributed by atoms with van der Waals surface area (Å²) in [6, 6.07) is 25.5. The molecule has 4 aromatic rings. The van der Waals surface area contributed by atoms with Gasteiger partial charge in [0.05, 0.1) is 29.4 Å². The third kappa shape index (κ3) is 14.1. The smallest absolute Gasteiger partial charge is 0.119 e. The number of phenols is 2. The Balaban J connectivity index is 0.000000286. The Labute approximate surface area is 275 Å². The number of aromatic hydroxyl groups is 2. The molecule has 7 nitrogen and oxygen atoms in total. The van der Waals surface area contributed by atoms with E-state index in [9.17, 15) is 5.11 Å². The van der Waals surface area contributed by atoms with Crippen LogP contribution in [0.25, 0.3) is 0 Å². The molecule has 0 aliphatic rings. The Morgan fingerprint density at radius 3 is 1.52 bits per heavy atom. The van der Waals surface area contributed by atoms with E-state index in [1.54, 1.807) is 42.5 Å². The number of ether oxygens (including phenoxy) is 1. The van der Waals surface area contributed by atoms with Gasteiger partial charge in [-0.25, -0.2) is 0 Å². The second kappa shape index (κ2) is 20.5. The molecule has 0 saturated heterocycles. The lowest BCUT2D eigenvalue weighted by Gasteiger charge is -2.08. The predicted octanol–water partition coefficient (Wildman–Crippen LogP) is 12.8. The number of nitrogens with zero attached hydrogens (tertiary/aromatic N) is 4. The Hall–Kier alpha value is -4.52. The van der Waals surface area contributed by atoms with Crippen molar-refractivity contribution in [2.75, 3.05) is 6.61 Å². The molecule has 0 fully saturated rings. The van der Waals surface area contributed by atoms with Gasteiger partial charge in [-0.2, -0.15) is 20.5 Å². The first kappa shape index (κ1) is 36.0. The first-order valence-electron chi connectivity index (χ1n) is 16.6. The zero-order chi connectivity index (χ0) is 33.0. The van der Waals surface area contributed by atoms with Crippen molar-refractivity contribution in [3.05, 3.63) is 102 Å². The summed E-state index contributed by atoms with van der Waals surface area (Å²) in [7, 11) is 0. The van der Waals surface area contributed by atoms with Crippen LogP contribution in [0.5, 0.6) is 17.2 Å². The van der Waals surface area contributed by atoms with Crippen LogP contribution in [-0.2, 0) is 0 Å². The third-order valence-corrected chi connectivity index (χ3v) is 7.55. The van der Waals surface area contributed by atoms with Crippen LogP contribution in [-0.4, -0.2) is 16.8 Å². The molecule has 244 valence electrons. The highest BCUT2D eigenvalue weighted by Gasteiger charge is 2.02. The van der Waals surface area contributed by atoms with Crippen LogP contribution in [0.2, 0.25) is 0 Å². The minimum absolute atomic E-state index is 0.199. The van der Waals surface area contributed by atoms with E-state index in [0.29, 0.717) is 11.4 Å². The molecular formula is C39H50N4O3. The summed E-state index contributed by atoms with van der Waals surface area (Å²) in [5.74, 6) is 1.34. The van der Waals surface area contributed by atoms with Gasteiger partial charge in [0, 0.05) is 0 Å². The lowest BCUT2D eigenvalue weighted by atomic mass is 10.1. The molecular weight excluding hydrogens is 572 g/mol. The Bertz CT molecular complexity index is 1500. The zero-order valence-electron chi connectivity index (χ0n) is 28.0. The van der Waals surface area contributed by atoms with E-state index in [1.807, 2.05) is 43.3 Å². The Kier molecular flexibility index (Phi) is 16.0. The molecule has 0 aliphatic carbocycles. The summed E-state index contributed by atoms with van der Waals surface area (Å²) in [6.07, 6.45) is 13.4. The standard InChI is InChI=1S/C26H38N2O.C13H12N2O2/c1-4-5-6-7-8-9-10-11-12-13-20-29-25-18-19-26(23(3)21-25)28-27-24-16-14-22(2)15-17-24;1-9-8-12(17)6-7-13(9)15-14-10-2-4-11(16)5-3-10/h14-19,21H,4-13,20H2,1-3H3;2-8,16-17H,1H3. The maximum atomic E-state index is 9.25. The second-order valence-corrected chi connectivity index (χ2v) is 11.7. The summed E-state index contributed by atoms with van der Waals surface area (Å²) in [4.78, 5) is 0. The van der Waals surface area contributed by atoms with Crippen LogP contribution in [0.15, 0.2) is 105 Å². The highest BCUT2D eigenvalue weighted by atomic mass is 16.5. The highest BCUT2D eigenvalue weighted by Crippen LogP contribution is 2.27. The van der Waals surface area contributed by atoms with E-state index in [1.165, 1.54) is 63.4 Å². The van der Waals surface area contributed by atoms with Crippen LogP contribution >= 0.6 is 0 Å². The average molecular weight is 623 g/mol. The number of azo groups is 2. The number of aryl methyl sites for hydroxylation is 3. The van der Waals surface area contributed by atoms with Gasteiger partial charge in [-0.1, -0.05) is 82.4 Å². The summed E-state index contributed by atoms with van der Waals surface area (Å²) < 4.78 is 5.92. The van der Waals surface area contributed by atoms with Crippen LogP contribution in [0.4, 0.5) is 22.7 Å². The monoisotopic (exact) mass is 622 g/mol. The van der Waals surface area contributed by atoms with Gasteiger partial charge in [-0.15, -0.1) is 0 Å². The van der Waals surface area contributed by atoms with Gasteiger partial charge in [-0.3, -0.25) is 0 Å². The van der Waals surface area contributed by atoms with Crippen molar-refractivity contribution < 1.29 is 14.9 Å². The van der Waals surface area contributed by atoms with Crippen molar-refractivity contribution in [2.24, 2.45) is 20.5 Å². The van der Waals surface area contributed by atoms with Crippen molar-refractivity contribution in [3.63, 3.8) is 0 Å². The fraction of sp³-hybridized carbons (Fsp3) is 0.385. The van der Waals surface area contributed by atoms with Gasteiger partial charge in [0.2, 0.25) is 0 Å². The molecule has 0 aliphatic heterocycles. The summed E-state index contributed by atoms with van der Waals surface area (Å²) in [5.41, 5.74) is 6.29. The lowest BCUT2D eigenvalue weighted by Crippen LogP contribution is -1.97. The third-order valence-electron chi connectivity index (χ3n) is 7.55. The topological polar surface area (TPSA) is 99.1 Å². The number of hydrogen-bond donors (Lipinski definition) is 2. The van der Waals surface area contributed by atoms with Crippen molar-refractivity contribution in [1.82, 2.24) is 0 Å². The molecule has 0 saturated carbocycles. The number of unbranched alkanes of at least 4 members (excludes halogenated alkanes) is 9. The van der Waals surface area contributed by atoms with E-state index >= 15 is 0 Å². The molecule has 0 atom stereocenters. The van der Waals surface area contributed by atoms with Gasteiger partial charge < -0.3 is 14.9 Å². The van der Waals surface area contributed by atoms with Gasteiger partial charge in [0.1, 0.15) is 17.2 Å².